The van der Waals surface area contributed by atoms with Gasteiger partial charge >= 0.3 is 0 Å². The van der Waals surface area contributed by atoms with E-state index in [9.17, 15) is 0 Å². The van der Waals surface area contributed by atoms with Crippen LogP contribution >= 0.6 is 11.3 Å². The number of nitrogens with one attached hydrogen (secondary N) is 1. The smallest absolute Gasteiger partial charge is 0.212 e. The van der Waals surface area contributed by atoms with Crippen molar-refractivity contribution in [3.05, 3.63) is 33.6 Å². The molecule has 0 bridgehead atoms. The molecule has 0 aromatic carbocycles. The highest BCUT2D eigenvalue weighted by molar-refractivity contribution is 7.11. The first-order valence-electron chi connectivity index (χ1n) is 6.96. The molecule has 0 aliphatic heterocycles. The standard InChI is InChI=1S/C15H23N3OS/c1-11(2)8-16-9-13-5-6-14(20-13)10-19-15-7-12(3)17-18(15)4/h5-7,11,16H,8-10H2,1-4H3. The van der Waals surface area contributed by atoms with E-state index in [1.165, 1.54) is 9.75 Å². The Morgan fingerprint density at radius 1 is 1.35 bits per heavy atom. The van der Waals surface area contributed by atoms with E-state index >= 15 is 0 Å². The van der Waals surface area contributed by atoms with Crippen molar-refractivity contribution in [1.82, 2.24) is 15.1 Å². The molecule has 0 aliphatic rings. The molecule has 0 atom stereocenters. The van der Waals surface area contributed by atoms with E-state index in [0.29, 0.717) is 12.5 Å². The lowest BCUT2D eigenvalue weighted by molar-refractivity contribution is 0.282. The van der Waals surface area contributed by atoms with E-state index in [1.54, 1.807) is 16.0 Å². The minimum atomic E-state index is 0.605. The summed E-state index contributed by atoms with van der Waals surface area (Å²) in [4.78, 5) is 2.59. The summed E-state index contributed by atoms with van der Waals surface area (Å²) in [5.41, 5.74) is 0.979. The van der Waals surface area contributed by atoms with E-state index in [-0.39, 0.29) is 0 Å². The Bertz CT molecular complexity index is 545. The molecule has 0 fully saturated rings. The minimum Gasteiger partial charge on any atom is -0.472 e. The van der Waals surface area contributed by atoms with Crippen molar-refractivity contribution in [1.29, 1.82) is 0 Å². The second-order valence-corrected chi connectivity index (χ2v) is 6.68. The van der Waals surface area contributed by atoms with Crippen molar-refractivity contribution < 1.29 is 4.74 Å². The first kappa shape index (κ1) is 15.1. The summed E-state index contributed by atoms with van der Waals surface area (Å²) < 4.78 is 7.56. The quantitative estimate of drug-likeness (QED) is 0.852. The lowest BCUT2D eigenvalue weighted by Crippen LogP contribution is -2.18. The molecular weight excluding hydrogens is 270 g/mol. The van der Waals surface area contributed by atoms with Crippen LogP contribution in [0.25, 0.3) is 0 Å². The van der Waals surface area contributed by atoms with Gasteiger partial charge in [-0.3, -0.25) is 0 Å². The highest BCUT2D eigenvalue weighted by atomic mass is 32.1. The molecule has 0 unspecified atom stereocenters. The summed E-state index contributed by atoms with van der Waals surface area (Å²) in [7, 11) is 1.90. The molecule has 2 aromatic heterocycles. The van der Waals surface area contributed by atoms with Gasteiger partial charge in [0.05, 0.1) is 5.69 Å². The average Bonchev–Trinajstić information content (AvgIpc) is 2.93. The Hall–Kier alpha value is -1.33. The van der Waals surface area contributed by atoms with Gasteiger partial charge < -0.3 is 10.1 Å². The Morgan fingerprint density at radius 2 is 2.10 bits per heavy atom. The van der Waals surface area contributed by atoms with Gasteiger partial charge in [-0.1, -0.05) is 13.8 Å². The van der Waals surface area contributed by atoms with E-state index in [1.807, 2.05) is 20.0 Å². The second-order valence-electron chi connectivity index (χ2n) is 5.43. The molecule has 0 spiro atoms. The number of hydrogen-bond acceptors (Lipinski definition) is 4. The third kappa shape index (κ3) is 4.35. The van der Waals surface area contributed by atoms with Crippen molar-refractivity contribution in [3.8, 4) is 5.88 Å². The van der Waals surface area contributed by atoms with Crippen LogP contribution in [0.2, 0.25) is 0 Å². The van der Waals surface area contributed by atoms with Crippen LogP contribution in [0.15, 0.2) is 18.2 Å². The number of nitrogens with zero attached hydrogens (tertiary/aromatic N) is 2. The van der Waals surface area contributed by atoms with Gasteiger partial charge in [-0.15, -0.1) is 11.3 Å². The Morgan fingerprint density at radius 3 is 2.75 bits per heavy atom. The summed E-state index contributed by atoms with van der Waals surface area (Å²) >= 11 is 1.80. The maximum absolute atomic E-state index is 5.79. The van der Waals surface area contributed by atoms with Crippen molar-refractivity contribution in [2.75, 3.05) is 6.54 Å². The van der Waals surface area contributed by atoms with Gasteiger partial charge in [-0.2, -0.15) is 5.10 Å². The predicted molar refractivity (Wildman–Crippen MR) is 83.1 cm³/mol. The molecule has 0 saturated heterocycles. The number of rotatable bonds is 7. The molecule has 0 saturated carbocycles. The predicted octanol–water partition coefficient (Wildman–Crippen LogP) is 3.11. The molecular formula is C15H23N3OS. The number of aromatic nitrogens is 2. The van der Waals surface area contributed by atoms with Gasteiger partial charge in [0, 0.05) is 29.4 Å². The topological polar surface area (TPSA) is 39.1 Å². The normalized spacial score (nSPS) is 11.2. The van der Waals surface area contributed by atoms with Gasteiger partial charge in [-0.25, -0.2) is 4.68 Å². The first-order valence-corrected chi connectivity index (χ1v) is 7.78. The maximum atomic E-state index is 5.79. The third-order valence-corrected chi connectivity index (χ3v) is 3.95. The van der Waals surface area contributed by atoms with Crippen LogP contribution in [0.4, 0.5) is 0 Å². The summed E-state index contributed by atoms with van der Waals surface area (Å²) in [6, 6.07) is 6.27. The van der Waals surface area contributed by atoms with E-state index < -0.39 is 0 Å². The lowest BCUT2D eigenvalue weighted by atomic mass is 10.2. The Labute approximate surface area is 124 Å². The van der Waals surface area contributed by atoms with Gasteiger partial charge in [-0.05, 0) is 31.5 Å². The van der Waals surface area contributed by atoms with Gasteiger partial charge in [0.2, 0.25) is 5.88 Å². The zero-order chi connectivity index (χ0) is 14.5. The van der Waals surface area contributed by atoms with Crippen LogP contribution in [-0.4, -0.2) is 16.3 Å². The van der Waals surface area contributed by atoms with E-state index in [0.717, 1.165) is 24.7 Å². The third-order valence-electron chi connectivity index (χ3n) is 2.89. The highest BCUT2D eigenvalue weighted by Gasteiger charge is 2.05. The van der Waals surface area contributed by atoms with Crippen molar-refractivity contribution in [2.45, 2.75) is 33.9 Å². The summed E-state index contributed by atoms with van der Waals surface area (Å²) in [6.45, 7) is 9.00. The monoisotopic (exact) mass is 293 g/mol. The van der Waals surface area contributed by atoms with Crippen molar-refractivity contribution >= 4 is 11.3 Å². The van der Waals surface area contributed by atoms with E-state index in [2.05, 4.69) is 36.4 Å². The summed E-state index contributed by atoms with van der Waals surface area (Å²) in [5.74, 6) is 1.50. The SMILES string of the molecule is Cc1cc(OCc2ccc(CNCC(C)C)s2)n(C)n1. The van der Waals surface area contributed by atoms with E-state index in [4.69, 9.17) is 4.74 Å². The molecule has 4 nitrogen and oxygen atoms in total. The van der Waals surface area contributed by atoms with Crippen LogP contribution < -0.4 is 10.1 Å². The maximum Gasteiger partial charge on any atom is 0.212 e. The molecule has 1 N–H and O–H groups in total. The van der Waals surface area contributed by atoms with Crippen LogP contribution in [0.1, 0.15) is 29.3 Å². The molecule has 0 radical (unpaired) electrons. The fraction of sp³-hybridized carbons (Fsp3) is 0.533. The highest BCUT2D eigenvalue weighted by Crippen LogP contribution is 2.19. The number of ether oxygens (including phenoxy) is 1. The average molecular weight is 293 g/mol. The molecule has 2 aromatic rings. The fourth-order valence-corrected chi connectivity index (χ4v) is 2.85. The Balaban J connectivity index is 1.82. The Kier molecular flexibility index (Phi) is 5.20. The fourth-order valence-electron chi connectivity index (χ4n) is 1.95. The summed E-state index contributed by atoms with van der Waals surface area (Å²) in [6.07, 6.45) is 0. The number of thiophene rings is 1. The molecule has 110 valence electrons. The molecule has 5 heteroatoms. The molecule has 20 heavy (non-hydrogen) atoms. The molecule has 0 amide bonds. The van der Waals surface area contributed by atoms with Crippen LogP contribution in [-0.2, 0) is 20.2 Å². The van der Waals surface area contributed by atoms with Gasteiger partial charge in [0.15, 0.2) is 0 Å². The number of hydrogen-bond donors (Lipinski definition) is 1. The molecule has 2 rings (SSSR count). The van der Waals surface area contributed by atoms with Crippen LogP contribution in [0.3, 0.4) is 0 Å². The van der Waals surface area contributed by atoms with Gasteiger partial charge in [0.1, 0.15) is 6.61 Å². The minimum absolute atomic E-state index is 0.605. The first-order chi connectivity index (χ1) is 9.54. The van der Waals surface area contributed by atoms with Crippen molar-refractivity contribution in [3.63, 3.8) is 0 Å². The van der Waals surface area contributed by atoms with Crippen molar-refractivity contribution in [2.24, 2.45) is 13.0 Å². The lowest BCUT2D eigenvalue weighted by Gasteiger charge is -2.05. The zero-order valence-corrected chi connectivity index (χ0v) is 13.5. The summed E-state index contributed by atoms with van der Waals surface area (Å²) in [5, 5.41) is 7.73. The van der Waals surface area contributed by atoms with Crippen LogP contribution in [0, 0.1) is 12.8 Å². The molecule has 0 aliphatic carbocycles. The number of aryl methyl sites for hydroxylation is 2. The zero-order valence-electron chi connectivity index (χ0n) is 12.6. The largest absolute Gasteiger partial charge is 0.472 e. The van der Waals surface area contributed by atoms with Gasteiger partial charge in [0.25, 0.3) is 0 Å². The second kappa shape index (κ2) is 6.90. The van der Waals surface area contributed by atoms with Crippen LogP contribution in [0.5, 0.6) is 5.88 Å². The molecule has 2 heterocycles.